The number of nitrogens with zero attached hydrogens (tertiary/aromatic N) is 5. The number of likely N-dealkylation sites (N-methyl/N-ethyl adjacent to an activating group) is 1. The zero-order valence-electron chi connectivity index (χ0n) is 14.1. The van der Waals surface area contributed by atoms with Crippen LogP contribution in [0, 0.1) is 0 Å². The predicted molar refractivity (Wildman–Crippen MR) is 95.6 cm³/mol. The van der Waals surface area contributed by atoms with Crippen molar-refractivity contribution in [1.82, 2.24) is 20.1 Å². The number of aryl methyl sites for hydroxylation is 2. The highest BCUT2D eigenvalue weighted by atomic mass is 32.1. The van der Waals surface area contributed by atoms with Crippen molar-refractivity contribution in [2.24, 2.45) is 0 Å². The molecule has 1 saturated carbocycles. The van der Waals surface area contributed by atoms with E-state index < -0.39 is 0 Å². The molecule has 2 aromatic heterocycles. The van der Waals surface area contributed by atoms with E-state index in [0.29, 0.717) is 12.0 Å². The average molecular weight is 341 g/mol. The zero-order valence-corrected chi connectivity index (χ0v) is 14.9. The van der Waals surface area contributed by atoms with E-state index in [1.54, 1.807) is 0 Å². The first-order valence-corrected chi connectivity index (χ1v) is 9.84. The summed E-state index contributed by atoms with van der Waals surface area (Å²) in [5.74, 6) is 1.71. The molecule has 0 aromatic carbocycles. The first-order valence-electron chi connectivity index (χ1n) is 9.02. The topological polar surface area (TPSA) is 45.2 Å². The van der Waals surface area contributed by atoms with E-state index in [-0.39, 0.29) is 0 Å². The molecule has 5 rings (SSSR count). The maximum absolute atomic E-state index is 4.82. The SMILES string of the molecule is CN(Cc1nc2c(s1)CCC2)C1CN(c2ccc(C3CC3)nn2)C1. The van der Waals surface area contributed by atoms with Crippen LogP contribution in [0.1, 0.15) is 46.5 Å². The van der Waals surface area contributed by atoms with Crippen molar-refractivity contribution in [1.29, 1.82) is 0 Å². The van der Waals surface area contributed by atoms with E-state index in [1.165, 1.54) is 53.4 Å². The molecule has 5 nitrogen and oxygen atoms in total. The third kappa shape index (κ3) is 2.71. The fourth-order valence-electron chi connectivity index (χ4n) is 3.68. The van der Waals surface area contributed by atoms with Gasteiger partial charge < -0.3 is 4.90 Å². The van der Waals surface area contributed by atoms with Crippen LogP contribution in [0.25, 0.3) is 0 Å². The fraction of sp³-hybridized carbons (Fsp3) is 0.611. The third-order valence-corrected chi connectivity index (χ3v) is 6.64. The lowest BCUT2D eigenvalue weighted by Gasteiger charge is -2.44. The Hall–Kier alpha value is -1.53. The largest absolute Gasteiger partial charge is 0.352 e. The minimum absolute atomic E-state index is 0.591. The highest BCUT2D eigenvalue weighted by molar-refractivity contribution is 7.11. The monoisotopic (exact) mass is 341 g/mol. The molecule has 2 fully saturated rings. The summed E-state index contributed by atoms with van der Waals surface area (Å²) in [5, 5.41) is 10.1. The van der Waals surface area contributed by atoms with Gasteiger partial charge >= 0.3 is 0 Å². The molecule has 3 aliphatic rings. The van der Waals surface area contributed by atoms with Crippen LogP contribution >= 0.6 is 11.3 Å². The Morgan fingerprint density at radius 3 is 2.79 bits per heavy atom. The van der Waals surface area contributed by atoms with E-state index in [1.807, 2.05) is 11.3 Å². The third-order valence-electron chi connectivity index (χ3n) is 5.50. The molecule has 0 atom stereocenters. The van der Waals surface area contributed by atoms with E-state index in [2.05, 4.69) is 39.2 Å². The lowest BCUT2D eigenvalue weighted by atomic mass is 10.1. The lowest BCUT2D eigenvalue weighted by Crippen LogP contribution is -2.58. The van der Waals surface area contributed by atoms with Crippen molar-refractivity contribution >= 4 is 17.2 Å². The molecule has 2 aromatic rings. The van der Waals surface area contributed by atoms with Gasteiger partial charge in [0.2, 0.25) is 0 Å². The maximum Gasteiger partial charge on any atom is 0.151 e. The molecular formula is C18H23N5S. The second-order valence-electron chi connectivity index (χ2n) is 7.40. The summed E-state index contributed by atoms with van der Waals surface area (Å²) in [5.41, 5.74) is 2.54. The predicted octanol–water partition coefficient (Wildman–Crippen LogP) is 2.62. The molecule has 1 aliphatic heterocycles. The van der Waals surface area contributed by atoms with Gasteiger partial charge in [-0.1, -0.05) is 0 Å². The van der Waals surface area contributed by atoms with Gasteiger partial charge in [-0.25, -0.2) is 4.98 Å². The number of hydrogen-bond acceptors (Lipinski definition) is 6. The lowest BCUT2D eigenvalue weighted by molar-refractivity contribution is 0.196. The first-order chi connectivity index (χ1) is 11.8. The summed E-state index contributed by atoms with van der Waals surface area (Å²) in [7, 11) is 2.22. The summed E-state index contributed by atoms with van der Waals surface area (Å²) in [6.45, 7) is 3.06. The Balaban J connectivity index is 1.16. The minimum atomic E-state index is 0.591. The van der Waals surface area contributed by atoms with Gasteiger partial charge in [0.1, 0.15) is 5.01 Å². The van der Waals surface area contributed by atoms with Crippen molar-refractivity contribution in [2.45, 2.75) is 50.6 Å². The van der Waals surface area contributed by atoms with Crippen molar-refractivity contribution in [3.8, 4) is 0 Å². The highest BCUT2D eigenvalue weighted by Crippen LogP contribution is 2.39. The molecule has 6 heteroatoms. The molecule has 0 spiro atoms. The molecule has 0 bridgehead atoms. The summed E-state index contributed by atoms with van der Waals surface area (Å²) >= 11 is 1.92. The zero-order chi connectivity index (χ0) is 16.1. The van der Waals surface area contributed by atoms with Gasteiger partial charge in [0, 0.05) is 29.9 Å². The van der Waals surface area contributed by atoms with Crippen LogP contribution < -0.4 is 4.90 Å². The van der Waals surface area contributed by atoms with Crippen molar-refractivity contribution in [3.63, 3.8) is 0 Å². The van der Waals surface area contributed by atoms with Crippen molar-refractivity contribution < 1.29 is 0 Å². The smallest absolute Gasteiger partial charge is 0.151 e. The van der Waals surface area contributed by atoms with E-state index >= 15 is 0 Å². The fourth-order valence-corrected chi connectivity index (χ4v) is 4.90. The Bertz CT molecular complexity index is 709. The van der Waals surface area contributed by atoms with Crippen LogP contribution in [0.15, 0.2) is 12.1 Å². The molecule has 24 heavy (non-hydrogen) atoms. The average Bonchev–Trinajstić information content (AvgIpc) is 3.18. The minimum Gasteiger partial charge on any atom is -0.352 e. The summed E-state index contributed by atoms with van der Waals surface area (Å²) in [6, 6.07) is 4.89. The molecule has 3 heterocycles. The highest BCUT2D eigenvalue weighted by Gasteiger charge is 2.32. The molecule has 0 N–H and O–H groups in total. The van der Waals surface area contributed by atoms with Gasteiger partial charge in [-0.2, -0.15) is 5.10 Å². The van der Waals surface area contributed by atoms with E-state index in [4.69, 9.17) is 4.98 Å². The molecule has 0 amide bonds. The molecule has 2 aliphatic carbocycles. The van der Waals surface area contributed by atoms with Crippen molar-refractivity contribution in [2.75, 3.05) is 25.0 Å². The number of rotatable bonds is 5. The van der Waals surface area contributed by atoms with E-state index in [9.17, 15) is 0 Å². The van der Waals surface area contributed by atoms with Gasteiger partial charge in [0.25, 0.3) is 0 Å². The van der Waals surface area contributed by atoms with Crippen molar-refractivity contribution in [3.05, 3.63) is 33.4 Å². The number of anilines is 1. The molecule has 0 radical (unpaired) electrons. The summed E-state index contributed by atoms with van der Waals surface area (Å²) in [6.07, 6.45) is 6.28. The van der Waals surface area contributed by atoms with E-state index in [0.717, 1.165) is 25.5 Å². The molecule has 1 saturated heterocycles. The number of hydrogen-bond donors (Lipinski definition) is 0. The van der Waals surface area contributed by atoms with Crippen LogP contribution in [0.4, 0.5) is 5.82 Å². The molecule has 0 unspecified atom stereocenters. The van der Waals surface area contributed by atoms with Gasteiger partial charge in [-0.3, -0.25) is 4.90 Å². The van der Waals surface area contributed by atoms with Gasteiger partial charge in [-0.15, -0.1) is 16.4 Å². The Labute approximate surface area is 146 Å². The Morgan fingerprint density at radius 1 is 1.21 bits per heavy atom. The number of fused-ring (bicyclic) bond motifs is 1. The maximum atomic E-state index is 4.82. The first kappa shape index (κ1) is 14.8. The quantitative estimate of drug-likeness (QED) is 0.836. The molecule has 126 valence electrons. The van der Waals surface area contributed by atoms with Crippen LogP contribution in [-0.2, 0) is 19.4 Å². The van der Waals surface area contributed by atoms with Crippen LogP contribution in [0.2, 0.25) is 0 Å². The number of aromatic nitrogens is 3. The van der Waals surface area contributed by atoms with Gasteiger partial charge in [0.15, 0.2) is 5.82 Å². The van der Waals surface area contributed by atoms with Crippen LogP contribution in [0.5, 0.6) is 0 Å². The molecular weight excluding hydrogens is 318 g/mol. The Morgan fingerprint density at radius 2 is 2.08 bits per heavy atom. The second kappa shape index (κ2) is 5.77. The van der Waals surface area contributed by atoms with Gasteiger partial charge in [-0.05, 0) is 51.3 Å². The standard InChI is InChI=1S/C18H23N5S/c1-22(11-18-19-15-3-2-4-16(15)24-18)13-9-23(10-13)17-8-7-14(20-21-17)12-5-6-12/h7-8,12-13H,2-6,9-11H2,1H3. The van der Waals surface area contributed by atoms with Crippen LogP contribution in [-0.4, -0.2) is 46.3 Å². The number of thiazole rings is 1. The second-order valence-corrected chi connectivity index (χ2v) is 8.56. The normalized spacial score (nSPS) is 20.5. The van der Waals surface area contributed by atoms with Crippen LogP contribution in [0.3, 0.4) is 0 Å². The summed E-state index contributed by atoms with van der Waals surface area (Å²) < 4.78 is 0. The van der Waals surface area contributed by atoms with Gasteiger partial charge in [0.05, 0.1) is 17.9 Å². The summed E-state index contributed by atoms with van der Waals surface area (Å²) in [4.78, 5) is 11.1. The Kier molecular flexibility index (Phi) is 3.56.